The third kappa shape index (κ3) is 6.80. The molecule has 9 heteroatoms. The van der Waals surface area contributed by atoms with Crippen LogP contribution in [-0.4, -0.2) is 24.6 Å². The molecule has 0 fully saturated rings. The van der Waals surface area contributed by atoms with Gasteiger partial charge in [0.05, 0.1) is 6.07 Å². The Morgan fingerprint density at radius 1 is 1.00 bits per heavy atom. The Balaban J connectivity index is 2.12. The fourth-order valence-electron chi connectivity index (χ4n) is 2.08. The number of carbonyl (C=O) groups is 2. The van der Waals surface area contributed by atoms with Gasteiger partial charge in [-0.15, -0.1) is 0 Å². The van der Waals surface area contributed by atoms with Gasteiger partial charge in [-0.3, -0.25) is 4.79 Å². The number of ether oxygens (including phenoxy) is 3. The van der Waals surface area contributed by atoms with Crippen LogP contribution in [0.1, 0.15) is 0 Å². The second-order valence-corrected chi connectivity index (χ2v) is 6.64. The summed E-state index contributed by atoms with van der Waals surface area (Å²) in [5.41, 5.74) is 3.58. The first-order valence-corrected chi connectivity index (χ1v) is 9.00. The van der Waals surface area contributed by atoms with Crippen LogP contribution in [0, 0.1) is 17.2 Å². The second kappa shape index (κ2) is 10.5. The molecule has 0 heterocycles. The number of esters is 1. The minimum atomic E-state index is -1.52. The number of ketones is 1. The van der Waals surface area contributed by atoms with Crippen LogP contribution in [0.2, 0.25) is 10.0 Å². The van der Waals surface area contributed by atoms with Crippen molar-refractivity contribution in [1.29, 1.82) is 5.26 Å². The molecular weight excluding hydrogens is 419 g/mol. The Morgan fingerprint density at radius 3 is 1.83 bits per heavy atom. The van der Waals surface area contributed by atoms with Crippen molar-refractivity contribution in [3.05, 3.63) is 70.9 Å². The number of halogens is 2. The number of allylic oxidation sites excluding steroid dienone is 1. The first kappa shape index (κ1) is 22.2. The van der Waals surface area contributed by atoms with E-state index in [1.165, 1.54) is 24.3 Å². The second-order valence-electron chi connectivity index (χ2n) is 5.77. The van der Waals surface area contributed by atoms with E-state index in [1.807, 2.05) is 0 Å². The molecule has 0 saturated carbocycles. The molecule has 29 heavy (non-hydrogen) atoms. The molecule has 0 saturated heterocycles. The Hall–Kier alpha value is -3.05. The van der Waals surface area contributed by atoms with Crippen LogP contribution in [0.5, 0.6) is 11.5 Å². The molecule has 7 nitrogen and oxygen atoms in total. The van der Waals surface area contributed by atoms with Crippen LogP contribution in [0.15, 0.2) is 60.8 Å². The van der Waals surface area contributed by atoms with Crippen molar-refractivity contribution in [1.82, 2.24) is 0 Å². The van der Waals surface area contributed by atoms with E-state index in [4.69, 9.17) is 42.7 Å². The van der Waals surface area contributed by atoms with Gasteiger partial charge >= 0.3 is 12.3 Å². The van der Waals surface area contributed by atoms with Crippen molar-refractivity contribution >= 4 is 35.0 Å². The number of nitrogens with zero attached hydrogens (tertiary/aromatic N) is 1. The van der Waals surface area contributed by atoms with Crippen LogP contribution in [-0.2, 0) is 14.3 Å². The Morgan fingerprint density at radius 2 is 1.45 bits per heavy atom. The molecule has 0 bridgehead atoms. The molecule has 150 valence electrons. The normalized spacial score (nSPS) is 11.3. The lowest BCUT2D eigenvalue weighted by Gasteiger charge is -2.19. The lowest BCUT2D eigenvalue weighted by Crippen LogP contribution is -2.51. The zero-order valence-electron chi connectivity index (χ0n) is 15.1. The number of hydrogen-bond acceptors (Lipinski definition) is 6. The lowest BCUT2D eigenvalue weighted by atomic mass is 10.0. The zero-order valence-corrected chi connectivity index (χ0v) is 16.7. The number of rotatable bonds is 9. The van der Waals surface area contributed by atoms with Crippen molar-refractivity contribution in [3.63, 3.8) is 0 Å². The van der Waals surface area contributed by atoms with Crippen molar-refractivity contribution in [2.24, 2.45) is 5.92 Å². The maximum absolute atomic E-state index is 12.5. The van der Waals surface area contributed by atoms with E-state index in [9.17, 15) is 9.59 Å². The quantitative estimate of drug-likeness (QED) is 0.478. The molecule has 0 aliphatic heterocycles. The molecule has 1 atom stereocenters. The van der Waals surface area contributed by atoms with E-state index in [2.05, 4.69) is 12.3 Å². The van der Waals surface area contributed by atoms with E-state index < -0.39 is 30.6 Å². The number of benzene rings is 2. The van der Waals surface area contributed by atoms with Crippen molar-refractivity contribution < 1.29 is 29.5 Å². The van der Waals surface area contributed by atoms with Gasteiger partial charge in [0, 0.05) is 10.0 Å². The zero-order chi connectivity index (χ0) is 21.4. The van der Waals surface area contributed by atoms with E-state index in [0.29, 0.717) is 10.0 Å². The van der Waals surface area contributed by atoms with Crippen molar-refractivity contribution in [3.8, 4) is 17.6 Å². The maximum atomic E-state index is 12.5. The van der Waals surface area contributed by atoms with Crippen molar-refractivity contribution in [2.75, 3.05) is 6.61 Å². The van der Waals surface area contributed by atoms with Crippen LogP contribution >= 0.6 is 23.2 Å². The van der Waals surface area contributed by atoms with Gasteiger partial charge in [0.2, 0.25) is 0 Å². The summed E-state index contributed by atoms with van der Waals surface area (Å²) in [6.45, 7) is 2.81. The molecule has 0 radical (unpaired) electrons. The lowest BCUT2D eigenvalue weighted by molar-refractivity contribution is -0.309. The molecule has 0 spiro atoms. The molecule has 0 aliphatic rings. The van der Waals surface area contributed by atoms with Gasteiger partial charge in [0.1, 0.15) is 17.2 Å². The van der Waals surface area contributed by atoms with Crippen LogP contribution < -0.4 is 15.2 Å². The smallest absolute Gasteiger partial charge is 0.389 e. The molecule has 0 unspecified atom stereocenters. The minimum absolute atomic E-state index is 0.111. The van der Waals surface area contributed by atoms with Gasteiger partial charge < -0.3 is 19.9 Å². The first-order valence-electron chi connectivity index (χ1n) is 8.24. The molecule has 0 aromatic heterocycles. The predicted octanol–water partition coefficient (Wildman–Crippen LogP) is 2.78. The van der Waals surface area contributed by atoms with Gasteiger partial charge in [0.15, 0.2) is 18.3 Å². The van der Waals surface area contributed by atoms with Gasteiger partial charge in [-0.2, -0.15) is 5.26 Å². The standard InChI is InChI=1S/C20H16Cl2N2O5/c1-12(24)17(10-23)18(25)11-27-19(26)20(28-15-6-2-13(21)3-7-15)29-16-8-4-14(22)5-9-16/h2-9,17,20H,1,11,24H2/p+1/t17-/m0/s1. The predicted molar refractivity (Wildman–Crippen MR) is 105 cm³/mol. The molecule has 2 aromatic rings. The highest BCUT2D eigenvalue weighted by Gasteiger charge is 2.28. The topological polar surface area (TPSA) is 113 Å². The van der Waals surface area contributed by atoms with Crippen molar-refractivity contribution in [2.45, 2.75) is 6.29 Å². The Kier molecular flexibility index (Phi) is 8.04. The summed E-state index contributed by atoms with van der Waals surface area (Å²) >= 11 is 11.7. The highest BCUT2D eigenvalue weighted by atomic mass is 35.5. The number of hydrogen-bond donors (Lipinski definition) is 1. The molecule has 0 amide bonds. The van der Waals surface area contributed by atoms with Crippen LogP contribution in [0.25, 0.3) is 0 Å². The Bertz CT molecular complexity index is 876. The number of nitriles is 1. The summed E-state index contributed by atoms with van der Waals surface area (Å²) in [6, 6.07) is 14.2. The number of quaternary nitrogens is 1. The number of Topliss-reactive ketones (excluding diaryl/α,β-unsaturated/α-hetero) is 1. The Labute approximate surface area is 177 Å². The first-order chi connectivity index (χ1) is 13.8. The van der Waals surface area contributed by atoms with Gasteiger partial charge in [0.25, 0.3) is 0 Å². The average molecular weight is 436 g/mol. The van der Waals surface area contributed by atoms with E-state index in [0.717, 1.165) is 0 Å². The average Bonchev–Trinajstić information content (AvgIpc) is 2.69. The highest BCUT2D eigenvalue weighted by Crippen LogP contribution is 2.21. The molecule has 3 N–H and O–H groups in total. The summed E-state index contributed by atoms with van der Waals surface area (Å²) in [4.78, 5) is 24.5. The largest absolute Gasteiger partial charge is 0.452 e. The minimum Gasteiger partial charge on any atom is -0.452 e. The summed E-state index contributed by atoms with van der Waals surface area (Å²) in [6.07, 6.45) is -1.52. The van der Waals surface area contributed by atoms with Gasteiger partial charge in [-0.25, -0.2) is 4.79 Å². The summed E-state index contributed by atoms with van der Waals surface area (Å²) < 4.78 is 16.1. The molecule has 2 aromatic carbocycles. The monoisotopic (exact) mass is 435 g/mol. The van der Waals surface area contributed by atoms with Crippen LogP contribution in [0.3, 0.4) is 0 Å². The summed E-state index contributed by atoms with van der Waals surface area (Å²) in [5, 5.41) is 9.96. The van der Waals surface area contributed by atoms with Gasteiger partial charge in [-0.1, -0.05) is 23.2 Å². The summed E-state index contributed by atoms with van der Waals surface area (Å²) in [7, 11) is 0. The number of carbonyl (C=O) groups excluding carboxylic acids is 2. The van der Waals surface area contributed by atoms with E-state index in [-0.39, 0.29) is 17.2 Å². The van der Waals surface area contributed by atoms with Crippen LogP contribution in [0.4, 0.5) is 0 Å². The molecular formula is C20H17Cl2N2O5+. The fraction of sp³-hybridized carbons (Fsp3) is 0.150. The third-order valence-corrected chi connectivity index (χ3v) is 4.03. The van der Waals surface area contributed by atoms with E-state index >= 15 is 0 Å². The molecule has 2 rings (SSSR count). The SMILES string of the molecule is C=C([NH3+])[C@H](C#N)C(=O)COC(=O)C(Oc1ccc(Cl)cc1)Oc1ccc(Cl)cc1. The highest BCUT2D eigenvalue weighted by molar-refractivity contribution is 6.30. The third-order valence-electron chi connectivity index (χ3n) is 3.52. The van der Waals surface area contributed by atoms with Gasteiger partial charge in [-0.05, 0) is 55.1 Å². The van der Waals surface area contributed by atoms with E-state index in [1.54, 1.807) is 30.3 Å². The fourth-order valence-corrected chi connectivity index (χ4v) is 2.33. The molecule has 0 aliphatic carbocycles. The summed E-state index contributed by atoms with van der Waals surface area (Å²) in [5.74, 6) is -2.21. The maximum Gasteiger partial charge on any atom is 0.389 e.